The molecule has 2 rings (SSSR count). The Morgan fingerprint density at radius 1 is 1.54 bits per heavy atom. The van der Waals surface area contributed by atoms with E-state index in [4.69, 9.17) is 9.47 Å². The van der Waals surface area contributed by atoms with Gasteiger partial charge in [-0.15, -0.1) is 0 Å². The summed E-state index contributed by atoms with van der Waals surface area (Å²) in [7, 11) is 1.62. The third kappa shape index (κ3) is 1.66. The molecule has 0 amide bonds. The standard InChI is InChI=1S/C10H12O3/c1-12-10(7-13-10)6-8-4-2-3-5-9(8)11/h2-5,11H,6-7H2,1H3. The number of hydrogen-bond acceptors (Lipinski definition) is 3. The summed E-state index contributed by atoms with van der Waals surface area (Å²) in [6.07, 6.45) is 0.607. The van der Waals surface area contributed by atoms with Crippen molar-refractivity contribution >= 4 is 0 Å². The second kappa shape index (κ2) is 3.01. The maximum atomic E-state index is 9.49. The van der Waals surface area contributed by atoms with E-state index >= 15 is 0 Å². The van der Waals surface area contributed by atoms with Gasteiger partial charge in [-0.3, -0.25) is 0 Å². The van der Waals surface area contributed by atoms with Crippen LogP contribution in [0.5, 0.6) is 5.75 Å². The van der Waals surface area contributed by atoms with Crippen LogP contribution in [0.3, 0.4) is 0 Å². The quantitative estimate of drug-likeness (QED) is 0.713. The summed E-state index contributed by atoms with van der Waals surface area (Å²) in [5.74, 6) is -0.173. The van der Waals surface area contributed by atoms with Crippen LogP contribution in [0, 0.1) is 0 Å². The Kier molecular flexibility index (Phi) is 1.98. The Hall–Kier alpha value is -1.06. The van der Waals surface area contributed by atoms with Gasteiger partial charge in [-0.1, -0.05) is 18.2 Å². The first-order chi connectivity index (χ1) is 6.26. The van der Waals surface area contributed by atoms with E-state index in [-0.39, 0.29) is 0 Å². The van der Waals surface area contributed by atoms with Gasteiger partial charge < -0.3 is 14.6 Å². The molecule has 1 atom stereocenters. The van der Waals surface area contributed by atoms with Crippen LogP contribution in [0.2, 0.25) is 0 Å². The minimum atomic E-state index is -0.473. The number of rotatable bonds is 3. The first-order valence-electron chi connectivity index (χ1n) is 4.22. The lowest BCUT2D eigenvalue weighted by molar-refractivity contribution is -0.00941. The van der Waals surface area contributed by atoms with Crippen LogP contribution in [-0.4, -0.2) is 24.6 Å². The van der Waals surface area contributed by atoms with E-state index in [1.807, 2.05) is 12.1 Å². The fraction of sp³-hybridized carbons (Fsp3) is 0.400. The third-order valence-electron chi connectivity index (χ3n) is 2.29. The smallest absolute Gasteiger partial charge is 0.196 e. The zero-order chi connectivity index (χ0) is 9.31. The summed E-state index contributed by atoms with van der Waals surface area (Å²) in [5.41, 5.74) is 0.863. The maximum Gasteiger partial charge on any atom is 0.196 e. The van der Waals surface area contributed by atoms with E-state index in [2.05, 4.69) is 0 Å². The Bertz CT molecular complexity index is 305. The topological polar surface area (TPSA) is 42.0 Å². The van der Waals surface area contributed by atoms with Crippen molar-refractivity contribution in [1.29, 1.82) is 0 Å². The Labute approximate surface area is 76.9 Å². The summed E-state index contributed by atoms with van der Waals surface area (Å²) < 4.78 is 10.3. The lowest BCUT2D eigenvalue weighted by atomic mass is 10.1. The van der Waals surface area contributed by atoms with Crippen molar-refractivity contribution in [3.05, 3.63) is 29.8 Å². The molecule has 70 valence electrons. The van der Waals surface area contributed by atoms with Crippen molar-refractivity contribution in [3.8, 4) is 5.75 Å². The third-order valence-corrected chi connectivity index (χ3v) is 2.29. The number of para-hydroxylation sites is 1. The molecule has 0 aliphatic carbocycles. The average Bonchev–Trinajstić information content (AvgIpc) is 2.90. The van der Waals surface area contributed by atoms with Crippen LogP contribution in [0.15, 0.2) is 24.3 Å². The number of epoxide rings is 1. The van der Waals surface area contributed by atoms with Crippen LogP contribution in [0.1, 0.15) is 5.56 Å². The van der Waals surface area contributed by atoms with E-state index < -0.39 is 5.79 Å². The van der Waals surface area contributed by atoms with Crippen molar-refractivity contribution in [3.63, 3.8) is 0 Å². The van der Waals surface area contributed by atoms with Gasteiger partial charge in [-0.25, -0.2) is 0 Å². The average molecular weight is 180 g/mol. The molecule has 0 radical (unpaired) electrons. The molecule has 0 bridgehead atoms. The monoisotopic (exact) mass is 180 g/mol. The molecular formula is C10H12O3. The molecule has 0 saturated carbocycles. The Balaban J connectivity index is 2.14. The van der Waals surface area contributed by atoms with Gasteiger partial charge in [0.1, 0.15) is 12.4 Å². The molecule has 1 N–H and O–H groups in total. The molecule has 1 aliphatic heterocycles. The van der Waals surface area contributed by atoms with Gasteiger partial charge in [0.15, 0.2) is 5.79 Å². The zero-order valence-corrected chi connectivity index (χ0v) is 7.49. The first kappa shape index (κ1) is 8.53. The van der Waals surface area contributed by atoms with Gasteiger partial charge >= 0.3 is 0 Å². The lowest BCUT2D eigenvalue weighted by Crippen LogP contribution is -2.17. The van der Waals surface area contributed by atoms with Crippen molar-refractivity contribution in [1.82, 2.24) is 0 Å². The SMILES string of the molecule is COC1(Cc2ccccc2O)CO1. The number of aromatic hydroxyl groups is 1. The number of hydrogen-bond donors (Lipinski definition) is 1. The molecule has 1 aromatic carbocycles. The summed E-state index contributed by atoms with van der Waals surface area (Å²) >= 11 is 0. The fourth-order valence-electron chi connectivity index (χ4n) is 1.32. The highest BCUT2D eigenvalue weighted by atomic mass is 16.8. The van der Waals surface area contributed by atoms with Crippen LogP contribution in [0.4, 0.5) is 0 Å². The molecule has 0 spiro atoms. The summed E-state index contributed by atoms with van der Waals surface area (Å²) in [6, 6.07) is 7.23. The van der Waals surface area contributed by atoms with Crippen LogP contribution < -0.4 is 0 Å². The molecule has 1 heterocycles. The molecule has 0 aromatic heterocycles. The minimum absolute atomic E-state index is 0.300. The van der Waals surface area contributed by atoms with Crippen molar-refractivity contribution in [2.75, 3.05) is 13.7 Å². The number of phenolic OH excluding ortho intramolecular Hbond substituents is 1. The number of phenols is 1. The Morgan fingerprint density at radius 2 is 2.23 bits per heavy atom. The largest absolute Gasteiger partial charge is 0.508 e. The molecule has 1 fully saturated rings. The molecule has 1 saturated heterocycles. The highest BCUT2D eigenvalue weighted by Gasteiger charge is 2.45. The second-order valence-corrected chi connectivity index (χ2v) is 3.21. The normalized spacial score (nSPS) is 25.9. The molecule has 1 unspecified atom stereocenters. The van der Waals surface area contributed by atoms with Crippen LogP contribution in [-0.2, 0) is 15.9 Å². The number of benzene rings is 1. The number of ether oxygens (including phenoxy) is 2. The summed E-state index contributed by atoms with van der Waals surface area (Å²) in [6.45, 7) is 0.609. The van der Waals surface area contributed by atoms with Crippen molar-refractivity contribution in [2.24, 2.45) is 0 Å². The van der Waals surface area contributed by atoms with Gasteiger partial charge in [0.25, 0.3) is 0 Å². The van der Waals surface area contributed by atoms with E-state index in [0.29, 0.717) is 18.8 Å². The molecule has 3 nitrogen and oxygen atoms in total. The highest BCUT2D eigenvalue weighted by molar-refractivity contribution is 5.33. The van der Waals surface area contributed by atoms with Crippen molar-refractivity contribution < 1.29 is 14.6 Å². The predicted octanol–water partition coefficient (Wildman–Crippen LogP) is 1.31. The molecule has 13 heavy (non-hydrogen) atoms. The Morgan fingerprint density at radius 3 is 2.77 bits per heavy atom. The zero-order valence-electron chi connectivity index (χ0n) is 7.49. The second-order valence-electron chi connectivity index (χ2n) is 3.21. The van der Waals surface area contributed by atoms with Gasteiger partial charge in [0.05, 0.1) is 0 Å². The minimum Gasteiger partial charge on any atom is -0.508 e. The fourth-order valence-corrected chi connectivity index (χ4v) is 1.32. The molecular weight excluding hydrogens is 168 g/mol. The summed E-state index contributed by atoms with van der Waals surface area (Å²) in [5, 5.41) is 9.49. The van der Waals surface area contributed by atoms with Crippen LogP contribution >= 0.6 is 0 Å². The highest BCUT2D eigenvalue weighted by Crippen LogP contribution is 2.34. The van der Waals surface area contributed by atoms with Gasteiger partial charge in [0, 0.05) is 13.5 Å². The molecule has 1 aliphatic rings. The van der Waals surface area contributed by atoms with E-state index in [9.17, 15) is 5.11 Å². The van der Waals surface area contributed by atoms with E-state index in [0.717, 1.165) is 5.56 Å². The molecule has 1 aromatic rings. The molecule has 3 heteroatoms. The van der Waals surface area contributed by atoms with Gasteiger partial charge in [-0.2, -0.15) is 0 Å². The summed E-state index contributed by atoms with van der Waals surface area (Å²) in [4.78, 5) is 0. The van der Waals surface area contributed by atoms with Gasteiger partial charge in [-0.05, 0) is 11.6 Å². The predicted molar refractivity (Wildman–Crippen MR) is 47.5 cm³/mol. The first-order valence-corrected chi connectivity index (χ1v) is 4.22. The maximum absolute atomic E-state index is 9.49. The van der Waals surface area contributed by atoms with Crippen molar-refractivity contribution in [2.45, 2.75) is 12.2 Å². The van der Waals surface area contributed by atoms with Crippen LogP contribution in [0.25, 0.3) is 0 Å². The van der Waals surface area contributed by atoms with Gasteiger partial charge in [0.2, 0.25) is 0 Å². The van der Waals surface area contributed by atoms with E-state index in [1.165, 1.54) is 0 Å². The van der Waals surface area contributed by atoms with E-state index in [1.54, 1.807) is 19.2 Å². The lowest BCUT2D eigenvalue weighted by Gasteiger charge is -2.10. The number of methoxy groups -OCH3 is 1.